The number of rotatable bonds is 4. The Kier molecular flexibility index (Phi) is 5.84. The van der Waals surface area contributed by atoms with Crippen molar-refractivity contribution in [3.63, 3.8) is 0 Å². The Morgan fingerprint density at radius 2 is 1.61 bits per heavy atom. The number of carbonyl (C=O) groups excluding carboxylic acids is 2. The number of hydrogen-bond acceptors (Lipinski definition) is 3. The van der Waals surface area contributed by atoms with Gasteiger partial charge in [-0.2, -0.15) is 0 Å². The number of ether oxygens (including phenoxy) is 1. The molecule has 0 fully saturated rings. The second-order valence-corrected chi connectivity index (χ2v) is 5.34. The molecule has 0 aliphatic carbocycles. The van der Waals surface area contributed by atoms with E-state index in [4.69, 9.17) is 27.9 Å². The first-order chi connectivity index (χ1) is 11.0. The molecule has 7 heteroatoms. The largest absolute Gasteiger partial charge is 0.462 e. The van der Waals surface area contributed by atoms with Crippen molar-refractivity contribution in [2.45, 2.75) is 6.92 Å². The molecule has 0 aromatic heterocycles. The molecule has 0 bridgehead atoms. The second-order valence-electron chi connectivity index (χ2n) is 4.50. The zero-order valence-corrected chi connectivity index (χ0v) is 13.7. The van der Waals surface area contributed by atoms with Gasteiger partial charge in [-0.15, -0.1) is 0 Å². The van der Waals surface area contributed by atoms with E-state index >= 15 is 0 Å². The second kappa shape index (κ2) is 7.85. The van der Waals surface area contributed by atoms with E-state index in [1.165, 1.54) is 12.1 Å². The number of benzene rings is 2. The average Bonchev–Trinajstić information content (AvgIpc) is 2.51. The molecule has 0 aliphatic heterocycles. The van der Waals surface area contributed by atoms with Crippen LogP contribution in [-0.2, 0) is 4.74 Å². The van der Waals surface area contributed by atoms with E-state index in [-0.39, 0.29) is 17.2 Å². The Hall–Kier alpha value is -2.24. The third-order valence-electron chi connectivity index (χ3n) is 2.82. The summed E-state index contributed by atoms with van der Waals surface area (Å²) in [4.78, 5) is 23.7. The first-order valence-corrected chi connectivity index (χ1v) is 7.55. The van der Waals surface area contributed by atoms with Gasteiger partial charge in [0.15, 0.2) is 0 Å². The van der Waals surface area contributed by atoms with Crippen molar-refractivity contribution in [1.29, 1.82) is 0 Å². The Morgan fingerprint density at radius 1 is 1.00 bits per heavy atom. The highest BCUT2D eigenvalue weighted by molar-refractivity contribution is 6.33. The molecule has 5 nitrogen and oxygen atoms in total. The predicted molar refractivity (Wildman–Crippen MR) is 91.5 cm³/mol. The third kappa shape index (κ3) is 4.87. The molecule has 2 aromatic rings. The summed E-state index contributed by atoms with van der Waals surface area (Å²) in [5, 5.41) is 6.10. The van der Waals surface area contributed by atoms with Crippen LogP contribution in [0.15, 0.2) is 42.5 Å². The fourth-order valence-electron chi connectivity index (χ4n) is 1.79. The zero-order chi connectivity index (χ0) is 16.8. The summed E-state index contributed by atoms with van der Waals surface area (Å²) in [6.07, 6.45) is 0. The van der Waals surface area contributed by atoms with Crippen LogP contribution in [0, 0.1) is 0 Å². The van der Waals surface area contributed by atoms with Crippen LogP contribution in [0.1, 0.15) is 17.3 Å². The van der Waals surface area contributed by atoms with Crippen molar-refractivity contribution in [2.75, 3.05) is 17.2 Å². The molecule has 2 amide bonds. The van der Waals surface area contributed by atoms with Crippen LogP contribution in [0.5, 0.6) is 0 Å². The van der Waals surface area contributed by atoms with Gasteiger partial charge in [0.05, 0.1) is 17.2 Å². The van der Waals surface area contributed by atoms with Crippen LogP contribution in [0.4, 0.5) is 16.2 Å². The Bertz CT molecular complexity index is 718. The minimum absolute atomic E-state index is 0.192. The molecular weight excluding hydrogens is 339 g/mol. The Labute approximate surface area is 143 Å². The standard InChI is InChI=1S/C16H14Cl2N2O3/c1-2-23-15(21)13-9-12(7-8-14(13)18)20-16(22)19-11-5-3-10(17)4-6-11/h3-9H,2H2,1H3,(H2,19,20,22). The average molecular weight is 353 g/mol. The smallest absolute Gasteiger partial charge is 0.339 e. The number of esters is 1. The molecule has 120 valence electrons. The number of amides is 2. The van der Waals surface area contributed by atoms with Crippen molar-refractivity contribution >= 4 is 46.6 Å². The SMILES string of the molecule is CCOC(=O)c1cc(NC(=O)Nc2ccc(Cl)cc2)ccc1Cl. The summed E-state index contributed by atoms with van der Waals surface area (Å²) in [6, 6.07) is 10.8. The van der Waals surface area contributed by atoms with Gasteiger partial charge in [0.2, 0.25) is 0 Å². The summed E-state index contributed by atoms with van der Waals surface area (Å²) < 4.78 is 4.91. The topological polar surface area (TPSA) is 67.4 Å². The van der Waals surface area contributed by atoms with E-state index in [0.29, 0.717) is 16.4 Å². The van der Waals surface area contributed by atoms with Gasteiger partial charge in [0, 0.05) is 16.4 Å². The maximum atomic E-state index is 12.0. The lowest BCUT2D eigenvalue weighted by molar-refractivity contribution is 0.0526. The van der Waals surface area contributed by atoms with Crippen LogP contribution >= 0.6 is 23.2 Å². The molecular formula is C16H14Cl2N2O3. The lowest BCUT2D eigenvalue weighted by atomic mass is 10.2. The fourth-order valence-corrected chi connectivity index (χ4v) is 2.12. The summed E-state index contributed by atoms with van der Waals surface area (Å²) >= 11 is 11.7. The van der Waals surface area contributed by atoms with E-state index in [2.05, 4.69) is 10.6 Å². The third-order valence-corrected chi connectivity index (χ3v) is 3.40. The first kappa shape index (κ1) is 17.1. The van der Waals surface area contributed by atoms with Gasteiger partial charge in [-0.1, -0.05) is 23.2 Å². The molecule has 0 saturated heterocycles. The molecule has 0 saturated carbocycles. The minimum Gasteiger partial charge on any atom is -0.462 e. The molecule has 0 aliphatic rings. The Morgan fingerprint density at radius 3 is 2.26 bits per heavy atom. The number of anilines is 2. The molecule has 2 N–H and O–H groups in total. The van der Waals surface area contributed by atoms with Gasteiger partial charge in [0.1, 0.15) is 0 Å². The van der Waals surface area contributed by atoms with Gasteiger partial charge in [-0.25, -0.2) is 9.59 Å². The van der Waals surface area contributed by atoms with Crippen molar-refractivity contribution < 1.29 is 14.3 Å². The number of carbonyl (C=O) groups is 2. The molecule has 0 heterocycles. The summed E-state index contributed by atoms with van der Waals surface area (Å²) in [6.45, 7) is 1.94. The lowest BCUT2D eigenvalue weighted by Gasteiger charge is -2.10. The highest BCUT2D eigenvalue weighted by Crippen LogP contribution is 2.22. The van der Waals surface area contributed by atoms with Gasteiger partial charge < -0.3 is 15.4 Å². The zero-order valence-electron chi connectivity index (χ0n) is 12.2. The van der Waals surface area contributed by atoms with Crippen molar-refractivity contribution in [3.05, 3.63) is 58.1 Å². The van der Waals surface area contributed by atoms with Gasteiger partial charge >= 0.3 is 12.0 Å². The quantitative estimate of drug-likeness (QED) is 0.775. The number of halogens is 2. The van der Waals surface area contributed by atoms with E-state index in [1.54, 1.807) is 37.3 Å². The molecule has 23 heavy (non-hydrogen) atoms. The number of urea groups is 1. The van der Waals surface area contributed by atoms with E-state index < -0.39 is 12.0 Å². The maximum Gasteiger partial charge on any atom is 0.339 e. The highest BCUT2D eigenvalue weighted by atomic mass is 35.5. The molecule has 0 atom stereocenters. The van der Waals surface area contributed by atoms with Crippen molar-refractivity contribution in [1.82, 2.24) is 0 Å². The molecule has 0 unspecified atom stereocenters. The maximum absolute atomic E-state index is 12.0. The van der Waals surface area contributed by atoms with Gasteiger partial charge in [0.25, 0.3) is 0 Å². The first-order valence-electron chi connectivity index (χ1n) is 6.80. The monoisotopic (exact) mass is 352 g/mol. The fraction of sp³-hybridized carbons (Fsp3) is 0.125. The molecule has 0 radical (unpaired) electrons. The molecule has 0 spiro atoms. The van der Waals surface area contributed by atoms with Crippen LogP contribution < -0.4 is 10.6 Å². The van der Waals surface area contributed by atoms with Crippen LogP contribution in [0.3, 0.4) is 0 Å². The number of nitrogens with one attached hydrogen (secondary N) is 2. The summed E-state index contributed by atoms with van der Waals surface area (Å²) in [5.41, 5.74) is 1.20. The van der Waals surface area contributed by atoms with Crippen LogP contribution in [0.2, 0.25) is 10.0 Å². The van der Waals surface area contributed by atoms with E-state index in [1.807, 2.05) is 0 Å². The van der Waals surface area contributed by atoms with Crippen molar-refractivity contribution in [3.8, 4) is 0 Å². The molecule has 2 aromatic carbocycles. The van der Waals surface area contributed by atoms with Crippen LogP contribution in [-0.4, -0.2) is 18.6 Å². The number of hydrogen-bond donors (Lipinski definition) is 2. The normalized spacial score (nSPS) is 10.0. The molecule has 2 rings (SSSR count). The minimum atomic E-state index is -0.542. The van der Waals surface area contributed by atoms with Gasteiger partial charge in [-0.05, 0) is 49.4 Å². The van der Waals surface area contributed by atoms with Crippen molar-refractivity contribution in [2.24, 2.45) is 0 Å². The van der Waals surface area contributed by atoms with Gasteiger partial charge in [-0.3, -0.25) is 0 Å². The predicted octanol–water partition coefficient (Wildman–Crippen LogP) is 4.81. The summed E-state index contributed by atoms with van der Waals surface area (Å²) in [7, 11) is 0. The van der Waals surface area contributed by atoms with E-state index in [9.17, 15) is 9.59 Å². The van der Waals surface area contributed by atoms with E-state index in [0.717, 1.165) is 0 Å². The van der Waals surface area contributed by atoms with Crippen LogP contribution in [0.25, 0.3) is 0 Å². The summed E-state index contributed by atoms with van der Waals surface area (Å²) in [5.74, 6) is -0.542. The highest BCUT2D eigenvalue weighted by Gasteiger charge is 2.13. The Balaban J connectivity index is 2.07. The lowest BCUT2D eigenvalue weighted by Crippen LogP contribution is -2.19.